The van der Waals surface area contributed by atoms with E-state index in [1.807, 2.05) is 30.3 Å². The predicted octanol–water partition coefficient (Wildman–Crippen LogP) is 6.30. The van der Waals surface area contributed by atoms with Gasteiger partial charge in [-0.3, -0.25) is 10.1 Å². The topological polar surface area (TPSA) is 101 Å². The molecule has 2 aromatic carbocycles. The van der Waals surface area contributed by atoms with Gasteiger partial charge in [0.25, 0.3) is 0 Å². The summed E-state index contributed by atoms with van der Waals surface area (Å²) in [5, 5.41) is 9.08. The highest BCUT2D eigenvalue weighted by Crippen LogP contribution is 2.29. The first-order valence-electron chi connectivity index (χ1n) is 12.0. The van der Waals surface area contributed by atoms with Crippen LogP contribution in [-0.4, -0.2) is 40.6 Å². The standard InChI is InChI=1S/C27H31F3N6O2.HI/c1-18-16-22(31-15-14-19-8-6-5-7-9-19)35-25(33-18)36-24(32-17-23(37)38-26(2,3)4)34-21-12-10-20(11-13-21)27(28,29)30;/h5-13,16H,14-15,17H2,1-4H3,(H3,31,32,33,34,35,36);1H. The van der Waals surface area contributed by atoms with Gasteiger partial charge in [0, 0.05) is 24.0 Å². The fraction of sp³-hybridized carbons (Fsp3) is 0.333. The van der Waals surface area contributed by atoms with E-state index in [4.69, 9.17) is 4.74 Å². The largest absolute Gasteiger partial charge is 0.459 e. The van der Waals surface area contributed by atoms with E-state index >= 15 is 0 Å². The maximum Gasteiger partial charge on any atom is 0.416 e. The third-order valence-electron chi connectivity index (χ3n) is 4.91. The number of aliphatic imine (C=N–C) groups is 1. The fourth-order valence-electron chi connectivity index (χ4n) is 3.31. The van der Waals surface area contributed by atoms with Crippen LogP contribution in [0.5, 0.6) is 0 Å². The van der Waals surface area contributed by atoms with Gasteiger partial charge in [-0.25, -0.2) is 9.98 Å². The zero-order valence-corrected chi connectivity index (χ0v) is 24.4. The molecule has 210 valence electrons. The lowest BCUT2D eigenvalue weighted by molar-refractivity contribution is -0.152. The van der Waals surface area contributed by atoms with Crippen molar-refractivity contribution in [3.8, 4) is 0 Å². The summed E-state index contributed by atoms with van der Waals surface area (Å²) in [5.41, 5.74) is 0.701. The lowest BCUT2D eigenvalue weighted by atomic mass is 10.1. The van der Waals surface area contributed by atoms with E-state index in [1.165, 1.54) is 17.7 Å². The van der Waals surface area contributed by atoms with Crippen LogP contribution in [0.15, 0.2) is 65.7 Å². The Morgan fingerprint density at radius 2 is 1.64 bits per heavy atom. The number of carbonyl (C=O) groups excluding carboxylic acids is 1. The smallest absolute Gasteiger partial charge is 0.416 e. The van der Waals surface area contributed by atoms with Gasteiger partial charge >= 0.3 is 12.1 Å². The number of nitrogens with one attached hydrogen (secondary N) is 3. The Labute approximate surface area is 242 Å². The minimum absolute atomic E-state index is 0. The van der Waals surface area contributed by atoms with E-state index < -0.39 is 23.3 Å². The number of anilines is 3. The highest BCUT2D eigenvalue weighted by atomic mass is 127. The Morgan fingerprint density at radius 3 is 2.26 bits per heavy atom. The zero-order chi connectivity index (χ0) is 27.8. The van der Waals surface area contributed by atoms with Crippen molar-refractivity contribution >= 4 is 53.4 Å². The molecule has 0 aliphatic heterocycles. The van der Waals surface area contributed by atoms with Gasteiger partial charge < -0.3 is 15.4 Å². The number of aromatic nitrogens is 2. The van der Waals surface area contributed by atoms with Crippen LogP contribution in [0.3, 0.4) is 0 Å². The van der Waals surface area contributed by atoms with Gasteiger partial charge in [-0.05, 0) is 63.9 Å². The lowest BCUT2D eigenvalue weighted by Gasteiger charge is -2.19. The first-order valence-corrected chi connectivity index (χ1v) is 12.0. The minimum atomic E-state index is -4.45. The molecule has 0 saturated carbocycles. The SMILES string of the molecule is Cc1cc(NCCc2ccccc2)nc(NC(=NCC(=O)OC(C)(C)C)Nc2ccc(C(F)(F)F)cc2)n1.I. The van der Waals surface area contributed by atoms with Gasteiger partial charge in [0.1, 0.15) is 18.0 Å². The van der Waals surface area contributed by atoms with E-state index in [1.54, 1.807) is 33.8 Å². The van der Waals surface area contributed by atoms with E-state index in [0.717, 1.165) is 18.6 Å². The molecule has 12 heteroatoms. The van der Waals surface area contributed by atoms with E-state index in [0.29, 0.717) is 23.7 Å². The van der Waals surface area contributed by atoms with Crippen molar-refractivity contribution in [3.63, 3.8) is 0 Å². The molecule has 0 amide bonds. The van der Waals surface area contributed by atoms with Crippen LogP contribution in [0.25, 0.3) is 0 Å². The van der Waals surface area contributed by atoms with E-state index in [-0.39, 0.29) is 42.4 Å². The molecule has 0 unspecified atom stereocenters. The van der Waals surface area contributed by atoms with Gasteiger partial charge in [-0.2, -0.15) is 18.2 Å². The molecule has 0 saturated heterocycles. The van der Waals surface area contributed by atoms with Gasteiger partial charge in [0.05, 0.1) is 5.56 Å². The fourth-order valence-corrected chi connectivity index (χ4v) is 3.31. The number of esters is 1. The second-order valence-corrected chi connectivity index (χ2v) is 9.46. The van der Waals surface area contributed by atoms with Crippen molar-refractivity contribution < 1.29 is 22.7 Å². The molecule has 0 fully saturated rings. The molecule has 3 N–H and O–H groups in total. The van der Waals surface area contributed by atoms with Crippen molar-refractivity contribution in [2.75, 3.05) is 29.0 Å². The average Bonchev–Trinajstić information content (AvgIpc) is 2.82. The number of ether oxygens (including phenoxy) is 1. The number of rotatable bonds is 8. The Balaban J connectivity index is 0.00000533. The molecule has 0 radical (unpaired) electrons. The predicted molar refractivity (Wildman–Crippen MR) is 158 cm³/mol. The third kappa shape index (κ3) is 11.5. The molecular weight excluding hydrogens is 624 g/mol. The van der Waals surface area contributed by atoms with E-state index in [9.17, 15) is 18.0 Å². The van der Waals surface area contributed by atoms with Gasteiger partial charge in [-0.15, -0.1) is 24.0 Å². The summed E-state index contributed by atoms with van der Waals surface area (Å²) in [6.07, 6.45) is -3.66. The lowest BCUT2D eigenvalue weighted by Crippen LogP contribution is -2.28. The molecule has 3 rings (SSSR count). The maximum atomic E-state index is 12.9. The summed E-state index contributed by atoms with van der Waals surface area (Å²) in [5.74, 6) is 0.266. The highest BCUT2D eigenvalue weighted by molar-refractivity contribution is 14.0. The average molecular weight is 656 g/mol. The van der Waals surface area contributed by atoms with Crippen molar-refractivity contribution in [2.24, 2.45) is 4.99 Å². The molecular formula is C27H32F3IN6O2. The van der Waals surface area contributed by atoms with Crippen LogP contribution >= 0.6 is 24.0 Å². The normalized spacial score (nSPS) is 11.8. The first-order chi connectivity index (χ1) is 17.9. The summed E-state index contributed by atoms with van der Waals surface area (Å²) in [4.78, 5) is 25.3. The van der Waals surface area contributed by atoms with Crippen LogP contribution in [0.4, 0.5) is 30.6 Å². The molecule has 0 atom stereocenters. The number of hydrogen-bond donors (Lipinski definition) is 3. The van der Waals surface area contributed by atoms with Crippen molar-refractivity contribution in [3.05, 3.63) is 77.5 Å². The van der Waals surface area contributed by atoms with Crippen molar-refractivity contribution in [2.45, 2.75) is 45.9 Å². The molecule has 0 aliphatic carbocycles. The first kappa shape index (κ1) is 31.8. The van der Waals surface area contributed by atoms with Crippen LogP contribution in [0.2, 0.25) is 0 Å². The summed E-state index contributed by atoms with van der Waals surface area (Å²) >= 11 is 0. The molecule has 3 aromatic rings. The number of hydrogen-bond acceptors (Lipinski definition) is 6. The zero-order valence-electron chi connectivity index (χ0n) is 22.1. The number of carbonyl (C=O) groups is 1. The van der Waals surface area contributed by atoms with Crippen LogP contribution < -0.4 is 16.0 Å². The number of guanidine groups is 1. The monoisotopic (exact) mass is 656 g/mol. The number of benzene rings is 2. The van der Waals surface area contributed by atoms with Gasteiger partial charge in [0.2, 0.25) is 11.9 Å². The second kappa shape index (κ2) is 14.1. The third-order valence-corrected chi connectivity index (χ3v) is 4.91. The molecule has 1 aromatic heterocycles. The highest BCUT2D eigenvalue weighted by Gasteiger charge is 2.30. The summed E-state index contributed by atoms with van der Waals surface area (Å²) in [6.45, 7) is 7.32. The Hall–Kier alpha value is -3.42. The summed E-state index contributed by atoms with van der Waals surface area (Å²) in [6, 6.07) is 16.2. The minimum Gasteiger partial charge on any atom is -0.459 e. The van der Waals surface area contributed by atoms with Crippen LogP contribution in [0.1, 0.15) is 37.6 Å². The van der Waals surface area contributed by atoms with Gasteiger partial charge in [-0.1, -0.05) is 30.3 Å². The van der Waals surface area contributed by atoms with Crippen molar-refractivity contribution in [1.82, 2.24) is 9.97 Å². The molecule has 39 heavy (non-hydrogen) atoms. The summed E-state index contributed by atoms with van der Waals surface area (Å²) in [7, 11) is 0. The molecule has 8 nitrogen and oxygen atoms in total. The second-order valence-electron chi connectivity index (χ2n) is 9.46. The Kier molecular flexibility index (Phi) is 11.5. The molecule has 0 spiro atoms. The number of alkyl halides is 3. The number of nitrogens with zero attached hydrogens (tertiary/aromatic N) is 3. The molecule has 1 heterocycles. The number of halogens is 4. The molecule has 0 bridgehead atoms. The van der Waals surface area contributed by atoms with Crippen LogP contribution in [-0.2, 0) is 22.1 Å². The van der Waals surface area contributed by atoms with Gasteiger partial charge in [0.15, 0.2) is 0 Å². The molecule has 0 aliphatic rings. The van der Waals surface area contributed by atoms with Crippen molar-refractivity contribution in [1.29, 1.82) is 0 Å². The summed E-state index contributed by atoms with van der Waals surface area (Å²) < 4.78 is 44.1. The van der Waals surface area contributed by atoms with E-state index in [2.05, 4.69) is 30.9 Å². The quantitative estimate of drug-likeness (QED) is 0.113. The maximum absolute atomic E-state index is 12.9. The Morgan fingerprint density at radius 1 is 0.974 bits per heavy atom. The number of aryl methyl sites for hydroxylation is 1. The Bertz CT molecular complexity index is 1250. The van der Waals surface area contributed by atoms with Crippen LogP contribution in [0, 0.1) is 6.92 Å².